The summed E-state index contributed by atoms with van der Waals surface area (Å²) in [5.74, 6) is 0.268. The molecule has 0 aliphatic heterocycles. The number of rotatable bonds is 7. The lowest BCUT2D eigenvalue weighted by molar-refractivity contribution is -0.151. The third kappa shape index (κ3) is 5.28. The minimum absolute atomic E-state index is 0.0753. The predicted molar refractivity (Wildman–Crippen MR) is 55.9 cm³/mol. The lowest BCUT2D eigenvalue weighted by atomic mass is 9.86. The summed E-state index contributed by atoms with van der Waals surface area (Å²) in [5.41, 5.74) is 0. The molecule has 0 N–H and O–H groups in total. The molecule has 1 fully saturated rings. The van der Waals surface area contributed by atoms with Crippen LogP contribution in [-0.4, -0.2) is 27.1 Å². The Hall–Kier alpha value is -0.420. The van der Waals surface area contributed by atoms with Crippen LogP contribution in [0.2, 0.25) is 0 Å². The Morgan fingerprint density at radius 1 is 1.33 bits per heavy atom. The number of carbonyl (C=O) groups is 1. The van der Waals surface area contributed by atoms with Gasteiger partial charge >= 0.3 is 5.97 Å². The van der Waals surface area contributed by atoms with Crippen molar-refractivity contribution < 1.29 is 18.3 Å². The molecule has 0 aromatic heterocycles. The van der Waals surface area contributed by atoms with Gasteiger partial charge in [0.1, 0.15) is 0 Å². The van der Waals surface area contributed by atoms with Gasteiger partial charge in [-0.25, -0.2) is 0 Å². The van der Waals surface area contributed by atoms with E-state index < -0.39 is 11.1 Å². The van der Waals surface area contributed by atoms with Crippen molar-refractivity contribution in [2.24, 2.45) is 5.92 Å². The highest BCUT2D eigenvalue weighted by Gasteiger charge is 2.26. The van der Waals surface area contributed by atoms with Crippen molar-refractivity contribution in [2.75, 3.05) is 12.4 Å². The van der Waals surface area contributed by atoms with E-state index in [0.29, 0.717) is 13.0 Å². The second kappa shape index (κ2) is 6.95. The van der Waals surface area contributed by atoms with Gasteiger partial charge in [-0.15, -0.1) is 0 Å². The van der Waals surface area contributed by atoms with Gasteiger partial charge in [0.2, 0.25) is 0 Å². The minimum atomic E-state index is -1.94. The van der Waals surface area contributed by atoms with Crippen molar-refractivity contribution in [1.82, 2.24) is 0 Å². The molecule has 0 spiro atoms. The summed E-state index contributed by atoms with van der Waals surface area (Å²) in [6.07, 6.45) is 5.27. The Labute approximate surface area is 92.7 Å². The van der Waals surface area contributed by atoms with E-state index in [9.17, 15) is 13.6 Å². The van der Waals surface area contributed by atoms with Gasteiger partial charge in [0.05, 0.1) is 12.5 Å². The van der Waals surface area contributed by atoms with Gasteiger partial charge in [-0.3, -0.25) is 9.00 Å². The first-order valence-corrected chi connectivity index (χ1v) is 6.67. The molecule has 0 amide bonds. The van der Waals surface area contributed by atoms with Crippen molar-refractivity contribution in [3.05, 3.63) is 0 Å². The van der Waals surface area contributed by atoms with E-state index in [1.54, 1.807) is 0 Å². The maximum atomic E-state index is 11.2. The topological polar surface area (TPSA) is 66.4 Å². The Bertz CT molecular complexity index is 225. The second-order valence-corrected chi connectivity index (χ2v) is 4.88. The zero-order chi connectivity index (χ0) is 11.1. The summed E-state index contributed by atoms with van der Waals surface area (Å²) in [7, 11) is 0. The van der Waals surface area contributed by atoms with E-state index in [-0.39, 0.29) is 17.6 Å². The molecule has 0 aromatic carbocycles. The smallest absolute Gasteiger partial charge is 0.308 e. The summed E-state index contributed by atoms with van der Waals surface area (Å²) in [6.45, 7) is 0.431. The molecule has 0 bridgehead atoms. The van der Waals surface area contributed by atoms with E-state index in [0.717, 1.165) is 32.1 Å². The van der Waals surface area contributed by atoms with Crippen LogP contribution < -0.4 is 0 Å². The molecule has 1 aliphatic carbocycles. The van der Waals surface area contributed by atoms with Crippen LogP contribution in [0.15, 0.2) is 0 Å². The molecule has 4 nitrogen and oxygen atoms in total. The fourth-order valence-electron chi connectivity index (χ4n) is 1.43. The molecular weight excluding hydrogens is 216 g/mol. The van der Waals surface area contributed by atoms with E-state index in [1.807, 2.05) is 0 Å². The fourth-order valence-corrected chi connectivity index (χ4v) is 1.87. The molecule has 0 saturated heterocycles. The van der Waals surface area contributed by atoms with Gasteiger partial charge < -0.3 is 9.29 Å². The summed E-state index contributed by atoms with van der Waals surface area (Å²) in [6, 6.07) is 0. The Balaban J connectivity index is 1.88. The van der Waals surface area contributed by atoms with Crippen molar-refractivity contribution in [1.29, 1.82) is 0 Å². The zero-order valence-corrected chi connectivity index (χ0v) is 9.59. The van der Waals surface area contributed by atoms with Crippen LogP contribution in [0.4, 0.5) is 0 Å². The number of ether oxygens (including phenoxy) is 1. The molecule has 0 radical (unpaired) electrons. The quantitative estimate of drug-likeness (QED) is 0.378. The normalized spacial score (nSPS) is 18.2. The highest BCUT2D eigenvalue weighted by molar-refractivity contribution is 7.79. The van der Waals surface area contributed by atoms with Crippen LogP contribution in [0.1, 0.15) is 38.5 Å². The van der Waals surface area contributed by atoms with Crippen molar-refractivity contribution in [3.8, 4) is 0 Å². The summed E-state index contributed by atoms with van der Waals surface area (Å²) in [5, 5.41) is 0. The van der Waals surface area contributed by atoms with E-state index in [2.05, 4.69) is 0 Å². The van der Waals surface area contributed by atoms with Gasteiger partial charge in [0, 0.05) is 5.75 Å². The SMILES string of the molecule is O=C(OCCCCCS(=O)[O-])C1CCC1. The van der Waals surface area contributed by atoms with Crippen LogP contribution in [-0.2, 0) is 20.6 Å². The Morgan fingerprint density at radius 2 is 2.07 bits per heavy atom. The lowest BCUT2D eigenvalue weighted by Gasteiger charge is -2.22. The second-order valence-electron chi connectivity index (χ2n) is 3.86. The highest BCUT2D eigenvalue weighted by Crippen LogP contribution is 2.27. The molecule has 1 rings (SSSR count). The first-order valence-electron chi connectivity index (χ1n) is 5.42. The van der Waals surface area contributed by atoms with E-state index >= 15 is 0 Å². The molecule has 15 heavy (non-hydrogen) atoms. The van der Waals surface area contributed by atoms with Crippen LogP contribution in [0.25, 0.3) is 0 Å². The summed E-state index contributed by atoms with van der Waals surface area (Å²) < 4.78 is 25.4. The van der Waals surface area contributed by atoms with Crippen molar-refractivity contribution >= 4 is 17.0 Å². The van der Waals surface area contributed by atoms with E-state index in [4.69, 9.17) is 4.74 Å². The molecular formula is C10H17O4S-. The molecule has 88 valence electrons. The zero-order valence-electron chi connectivity index (χ0n) is 8.78. The summed E-state index contributed by atoms with van der Waals surface area (Å²) in [4.78, 5) is 11.2. The average molecular weight is 233 g/mol. The van der Waals surface area contributed by atoms with Gasteiger partial charge in [0.15, 0.2) is 0 Å². The molecule has 1 saturated carbocycles. The number of carbonyl (C=O) groups excluding carboxylic acids is 1. The minimum Gasteiger partial charge on any atom is -0.772 e. The highest BCUT2D eigenvalue weighted by atomic mass is 32.2. The fraction of sp³-hybridized carbons (Fsp3) is 0.900. The predicted octanol–water partition coefficient (Wildman–Crippen LogP) is 1.38. The van der Waals surface area contributed by atoms with Gasteiger partial charge in [-0.2, -0.15) is 0 Å². The van der Waals surface area contributed by atoms with Crippen LogP contribution in [0.3, 0.4) is 0 Å². The lowest BCUT2D eigenvalue weighted by Crippen LogP contribution is -2.24. The maximum Gasteiger partial charge on any atom is 0.308 e. The molecule has 5 heteroatoms. The van der Waals surface area contributed by atoms with Gasteiger partial charge in [0.25, 0.3) is 0 Å². The third-order valence-corrected chi connectivity index (χ3v) is 3.26. The number of unbranched alkanes of at least 4 members (excludes halogenated alkanes) is 2. The van der Waals surface area contributed by atoms with Crippen LogP contribution in [0.5, 0.6) is 0 Å². The third-order valence-electron chi connectivity index (χ3n) is 2.64. The molecule has 0 aromatic rings. The molecule has 1 unspecified atom stereocenters. The largest absolute Gasteiger partial charge is 0.772 e. The Kier molecular flexibility index (Phi) is 5.86. The van der Waals surface area contributed by atoms with E-state index in [1.165, 1.54) is 0 Å². The monoisotopic (exact) mass is 233 g/mol. The van der Waals surface area contributed by atoms with Crippen molar-refractivity contribution in [2.45, 2.75) is 38.5 Å². The van der Waals surface area contributed by atoms with Crippen LogP contribution >= 0.6 is 0 Å². The first kappa shape index (κ1) is 12.6. The van der Waals surface area contributed by atoms with Gasteiger partial charge in [-0.1, -0.05) is 17.5 Å². The molecule has 1 aliphatic rings. The number of esters is 1. The standard InChI is InChI=1S/C10H18O4S/c11-10(9-5-4-6-9)14-7-2-1-3-8-15(12)13/h9H,1-8H2,(H,12,13)/p-1. The maximum absolute atomic E-state index is 11.2. The number of hydrogen-bond acceptors (Lipinski definition) is 4. The average Bonchev–Trinajstić information content (AvgIpc) is 2.07. The van der Waals surface area contributed by atoms with Crippen LogP contribution in [0, 0.1) is 5.92 Å². The molecule has 0 heterocycles. The summed E-state index contributed by atoms with van der Waals surface area (Å²) >= 11 is -1.94. The molecule has 1 atom stereocenters. The Morgan fingerprint density at radius 3 is 2.60 bits per heavy atom. The van der Waals surface area contributed by atoms with Crippen molar-refractivity contribution in [3.63, 3.8) is 0 Å². The number of hydrogen-bond donors (Lipinski definition) is 0. The van der Waals surface area contributed by atoms with Gasteiger partial charge in [-0.05, 0) is 32.1 Å². The first-order chi connectivity index (χ1) is 7.20.